The molecule has 18 heavy (non-hydrogen) atoms. The van der Waals surface area contributed by atoms with Gasteiger partial charge >= 0.3 is 5.69 Å². The summed E-state index contributed by atoms with van der Waals surface area (Å²) in [5.41, 5.74) is 6.22. The lowest BCUT2D eigenvalue weighted by molar-refractivity contribution is -0.384. The van der Waals surface area contributed by atoms with Crippen molar-refractivity contribution in [3.8, 4) is 0 Å². The number of nitrogens with two attached hydrogens (primary N) is 1. The number of nitrogens with zero attached hydrogens (tertiary/aromatic N) is 3. The van der Waals surface area contributed by atoms with E-state index in [1.165, 1.54) is 4.68 Å². The smallest absolute Gasteiger partial charge is 0.333 e. The van der Waals surface area contributed by atoms with Crippen LogP contribution in [0.1, 0.15) is 26.5 Å². The molecule has 0 fully saturated rings. The van der Waals surface area contributed by atoms with Crippen LogP contribution in [0.4, 0.5) is 11.5 Å². The van der Waals surface area contributed by atoms with Crippen molar-refractivity contribution in [1.82, 2.24) is 9.78 Å². The van der Waals surface area contributed by atoms with Crippen molar-refractivity contribution >= 4 is 11.5 Å². The second-order valence-corrected chi connectivity index (χ2v) is 4.61. The van der Waals surface area contributed by atoms with Gasteiger partial charge in [0.05, 0.1) is 4.92 Å². The summed E-state index contributed by atoms with van der Waals surface area (Å²) in [7, 11) is 1.70. The minimum absolute atomic E-state index is 0.0104. The van der Waals surface area contributed by atoms with Crippen LogP contribution in [0.15, 0.2) is 0 Å². The molecule has 1 rings (SSSR count). The highest BCUT2D eigenvalue weighted by atomic mass is 16.6. The van der Waals surface area contributed by atoms with Gasteiger partial charge in [0, 0.05) is 19.6 Å². The van der Waals surface area contributed by atoms with Crippen LogP contribution in [0.25, 0.3) is 0 Å². The third kappa shape index (κ3) is 2.79. The third-order valence-corrected chi connectivity index (χ3v) is 2.99. The van der Waals surface area contributed by atoms with Crippen LogP contribution in [0.2, 0.25) is 0 Å². The number of hydrogen-bond acceptors (Lipinski definition) is 5. The van der Waals surface area contributed by atoms with Gasteiger partial charge in [-0.3, -0.25) is 10.1 Å². The summed E-state index contributed by atoms with van der Waals surface area (Å²) in [6.45, 7) is 6.31. The van der Waals surface area contributed by atoms with E-state index in [0.29, 0.717) is 24.5 Å². The van der Waals surface area contributed by atoms with Crippen LogP contribution in [0, 0.1) is 16.0 Å². The summed E-state index contributed by atoms with van der Waals surface area (Å²) in [4.78, 5) is 10.7. The van der Waals surface area contributed by atoms with Gasteiger partial charge in [-0.15, -0.1) is 0 Å². The van der Waals surface area contributed by atoms with Crippen molar-refractivity contribution in [2.24, 2.45) is 18.7 Å². The molecule has 1 atom stereocenters. The number of aromatic nitrogens is 2. The fraction of sp³-hybridized carbons (Fsp3) is 0.727. The topological polar surface area (TPSA) is 99.0 Å². The summed E-state index contributed by atoms with van der Waals surface area (Å²) in [5, 5.41) is 18.4. The molecule has 1 unspecified atom stereocenters. The molecule has 0 spiro atoms. The molecule has 0 aliphatic rings. The number of anilines is 1. The predicted molar refractivity (Wildman–Crippen MR) is 70.5 cm³/mol. The number of nitro groups is 1. The normalized spacial score (nSPS) is 12.8. The minimum atomic E-state index is -0.387. The highest BCUT2D eigenvalue weighted by Gasteiger charge is 2.27. The van der Waals surface area contributed by atoms with Gasteiger partial charge in [-0.1, -0.05) is 20.8 Å². The molecule has 3 N–H and O–H groups in total. The van der Waals surface area contributed by atoms with E-state index in [2.05, 4.69) is 10.4 Å². The first-order chi connectivity index (χ1) is 8.42. The average Bonchev–Trinajstić information content (AvgIpc) is 2.62. The Bertz CT molecular complexity index is 427. The molecule has 0 saturated heterocycles. The molecule has 0 aliphatic carbocycles. The van der Waals surface area contributed by atoms with Crippen LogP contribution >= 0.6 is 0 Å². The molecule has 1 aromatic rings. The van der Waals surface area contributed by atoms with Gasteiger partial charge in [0.2, 0.25) is 5.82 Å². The Morgan fingerprint density at radius 1 is 1.56 bits per heavy atom. The molecular formula is C11H21N5O2. The maximum Gasteiger partial charge on any atom is 0.333 e. The van der Waals surface area contributed by atoms with E-state index in [0.717, 1.165) is 0 Å². The lowest BCUT2D eigenvalue weighted by atomic mass is 10.0. The van der Waals surface area contributed by atoms with E-state index in [9.17, 15) is 10.1 Å². The molecule has 0 amide bonds. The lowest BCUT2D eigenvalue weighted by Gasteiger charge is -2.21. The zero-order valence-corrected chi connectivity index (χ0v) is 11.3. The Hall–Kier alpha value is -1.63. The summed E-state index contributed by atoms with van der Waals surface area (Å²) >= 11 is 0. The maximum absolute atomic E-state index is 11.1. The van der Waals surface area contributed by atoms with Crippen molar-refractivity contribution in [3.63, 3.8) is 0 Å². The van der Waals surface area contributed by atoms with Crippen LogP contribution in [0.3, 0.4) is 0 Å². The van der Waals surface area contributed by atoms with Gasteiger partial charge in [-0.2, -0.15) is 5.10 Å². The summed E-state index contributed by atoms with van der Waals surface area (Å²) < 4.78 is 1.52. The lowest BCUT2D eigenvalue weighted by Crippen LogP contribution is -2.34. The Kier molecular flexibility index (Phi) is 4.66. The molecule has 1 aromatic heterocycles. The van der Waals surface area contributed by atoms with Crippen molar-refractivity contribution in [3.05, 3.63) is 15.8 Å². The average molecular weight is 255 g/mol. The number of nitrogens with one attached hydrogen (secondary N) is 1. The van der Waals surface area contributed by atoms with E-state index < -0.39 is 0 Å². The Labute approximate surface area is 107 Å². The summed E-state index contributed by atoms with van der Waals surface area (Å²) in [6.07, 6.45) is 0.529. The van der Waals surface area contributed by atoms with Gasteiger partial charge < -0.3 is 11.1 Å². The molecule has 7 heteroatoms. The largest absolute Gasteiger partial charge is 0.360 e. The van der Waals surface area contributed by atoms with Crippen LogP contribution in [0.5, 0.6) is 0 Å². The van der Waals surface area contributed by atoms with Crippen LogP contribution in [-0.4, -0.2) is 27.3 Å². The maximum atomic E-state index is 11.1. The molecular weight excluding hydrogens is 234 g/mol. The highest BCUT2D eigenvalue weighted by Crippen LogP contribution is 2.29. The predicted octanol–water partition coefficient (Wildman–Crippen LogP) is 1.29. The monoisotopic (exact) mass is 255 g/mol. The fourth-order valence-corrected chi connectivity index (χ4v) is 1.83. The molecule has 0 bridgehead atoms. The van der Waals surface area contributed by atoms with Crippen molar-refractivity contribution < 1.29 is 4.92 Å². The standard InChI is InChI=1S/C11H21N5O2/c1-5-8-10(16(17)18)11(15(4)14-8)13-9(6-12)7(2)3/h7,9,13H,5-6,12H2,1-4H3. The Balaban J connectivity index is 3.14. The van der Waals surface area contributed by atoms with Crippen molar-refractivity contribution in [1.29, 1.82) is 0 Å². The Morgan fingerprint density at radius 3 is 2.56 bits per heavy atom. The zero-order chi connectivity index (χ0) is 13.9. The molecule has 0 aromatic carbocycles. The third-order valence-electron chi connectivity index (χ3n) is 2.99. The number of aryl methyl sites for hydroxylation is 2. The van der Waals surface area contributed by atoms with Crippen molar-refractivity contribution in [2.75, 3.05) is 11.9 Å². The SMILES string of the molecule is CCc1nn(C)c(NC(CN)C(C)C)c1[N+](=O)[O-]. The van der Waals surface area contributed by atoms with E-state index in [-0.39, 0.29) is 22.6 Å². The summed E-state index contributed by atoms with van der Waals surface area (Å²) in [6, 6.07) is -0.0104. The first-order valence-corrected chi connectivity index (χ1v) is 6.09. The molecule has 0 aliphatic heterocycles. The van der Waals surface area contributed by atoms with Gasteiger partial charge in [0.15, 0.2) is 0 Å². The zero-order valence-electron chi connectivity index (χ0n) is 11.3. The molecule has 7 nitrogen and oxygen atoms in total. The molecule has 102 valence electrons. The van der Waals surface area contributed by atoms with Crippen LogP contribution < -0.4 is 11.1 Å². The van der Waals surface area contributed by atoms with Crippen LogP contribution in [-0.2, 0) is 13.5 Å². The number of rotatable bonds is 6. The van der Waals surface area contributed by atoms with E-state index >= 15 is 0 Å². The van der Waals surface area contributed by atoms with Gasteiger partial charge in [-0.05, 0) is 12.3 Å². The van der Waals surface area contributed by atoms with E-state index in [4.69, 9.17) is 5.73 Å². The van der Waals surface area contributed by atoms with Crippen molar-refractivity contribution in [2.45, 2.75) is 33.2 Å². The van der Waals surface area contributed by atoms with Gasteiger partial charge in [0.25, 0.3) is 0 Å². The first kappa shape index (κ1) is 14.4. The summed E-state index contributed by atoms with van der Waals surface area (Å²) in [5.74, 6) is 0.718. The van der Waals surface area contributed by atoms with E-state index in [1.54, 1.807) is 7.05 Å². The van der Waals surface area contributed by atoms with Gasteiger partial charge in [-0.25, -0.2) is 4.68 Å². The molecule has 0 saturated carbocycles. The van der Waals surface area contributed by atoms with E-state index in [1.807, 2.05) is 20.8 Å². The fourth-order valence-electron chi connectivity index (χ4n) is 1.83. The molecule has 0 radical (unpaired) electrons. The molecule has 1 heterocycles. The quantitative estimate of drug-likeness (QED) is 0.589. The number of hydrogen-bond donors (Lipinski definition) is 2. The second-order valence-electron chi connectivity index (χ2n) is 4.61. The Morgan fingerprint density at radius 2 is 2.17 bits per heavy atom. The van der Waals surface area contributed by atoms with Gasteiger partial charge in [0.1, 0.15) is 5.69 Å². The second kappa shape index (κ2) is 5.81. The minimum Gasteiger partial charge on any atom is -0.360 e. The highest BCUT2D eigenvalue weighted by molar-refractivity contribution is 5.60. The first-order valence-electron chi connectivity index (χ1n) is 6.09.